The molecule has 31 heavy (non-hydrogen) atoms. The van der Waals surface area contributed by atoms with Gasteiger partial charge >= 0.3 is 0 Å². The molecule has 5 heteroatoms. The van der Waals surface area contributed by atoms with E-state index < -0.39 is 6.04 Å². The van der Waals surface area contributed by atoms with Crippen LogP contribution in [0.15, 0.2) is 48.5 Å². The zero-order chi connectivity index (χ0) is 23.2. The molecule has 1 atom stereocenters. The van der Waals surface area contributed by atoms with E-state index in [-0.39, 0.29) is 17.4 Å². The molecule has 1 unspecified atom stereocenters. The van der Waals surface area contributed by atoms with E-state index in [0.717, 1.165) is 11.1 Å². The molecule has 2 rings (SSSR count). The maximum absolute atomic E-state index is 13.2. The van der Waals surface area contributed by atoms with Gasteiger partial charge in [0, 0.05) is 23.5 Å². The van der Waals surface area contributed by atoms with E-state index in [2.05, 4.69) is 43.4 Å². The van der Waals surface area contributed by atoms with Gasteiger partial charge in [0.1, 0.15) is 6.04 Å². The number of aryl methyl sites for hydroxylation is 1. The molecule has 0 fully saturated rings. The summed E-state index contributed by atoms with van der Waals surface area (Å²) in [6, 6.07) is 15.2. The largest absolute Gasteiger partial charge is 0.350 e. The molecule has 0 radical (unpaired) electrons. The van der Waals surface area contributed by atoms with Crippen LogP contribution < -0.4 is 5.32 Å². The van der Waals surface area contributed by atoms with Gasteiger partial charge in [-0.3, -0.25) is 9.59 Å². The van der Waals surface area contributed by atoms with Crippen molar-refractivity contribution in [1.82, 2.24) is 10.2 Å². The average Bonchev–Trinajstić information content (AvgIpc) is 2.70. The van der Waals surface area contributed by atoms with Crippen molar-refractivity contribution in [3.63, 3.8) is 0 Å². The van der Waals surface area contributed by atoms with E-state index in [1.807, 2.05) is 39.0 Å². The fourth-order valence-corrected chi connectivity index (χ4v) is 3.53. The summed E-state index contributed by atoms with van der Waals surface area (Å²) in [4.78, 5) is 27.7. The number of amides is 2. The highest BCUT2D eigenvalue weighted by Crippen LogP contribution is 2.20. The normalized spacial score (nSPS) is 12.5. The Balaban J connectivity index is 2.16. The Morgan fingerprint density at radius 2 is 1.61 bits per heavy atom. The summed E-state index contributed by atoms with van der Waals surface area (Å²) in [7, 11) is 0. The molecule has 0 aliphatic heterocycles. The zero-order valence-electron chi connectivity index (χ0n) is 19.5. The van der Waals surface area contributed by atoms with E-state index in [0.29, 0.717) is 30.3 Å². The monoisotopic (exact) mass is 442 g/mol. The second-order valence-corrected chi connectivity index (χ2v) is 9.83. The molecule has 0 aliphatic carbocycles. The number of carbonyl (C=O) groups excluding carboxylic acids is 2. The van der Waals surface area contributed by atoms with Crippen molar-refractivity contribution in [3.05, 3.63) is 70.2 Å². The molecular formula is C26H35ClN2O2. The number of nitrogens with zero attached hydrogens (tertiary/aromatic N) is 1. The molecule has 0 aliphatic rings. The van der Waals surface area contributed by atoms with Crippen molar-refractivity contribution in [2.24, 2.45) is 0 Å². The summed E-state index contributed by atoms with van der Waals surface area (Å²) in [5.41, 5.74) is 2.85. The second kappa shape index (κ2) is 10.8. The van der Waals surface area contributed by atoms with Gasteiger partial charge in [-0.15, -0.1) is 0 Å². The van der Waals surface area contributed by atoms with Crippen LogP contribution in [0.5, 0.6) is 0 Å². The topological polar surface area (TPSA) is 49.4 Å². The Morgan fingerprint density at radius 3 is 2.16 bits per heavy atom. The maximum atomic E-state index is 13.2. The number of nitrogens with one attached hydrogen (secondary N) is 1. The van der Waals surface area contributed by atoms with E-state index in [4.69, 9.17) is 11.6 Å². The minimum Gasteiger partial charge on any atom is -0.350 e. The Labute approximate surface area is 192 Å². The minimum absolute atomic E-state index is 0.0654. The minimum atomic E-state index is -0.605. The van der Waals surface area contributed by atoms with Gasteiger partial charge in [0.05, 0.1) is 0 Å². The molecule has 2 aromatic rings. The van der Waals surface area contributed by atoms with Crippen LogP contribution in [0.2, 0.25) is 5.02 Å². The number of hydrogen-bond donors (Lipinski definition) is 1. The predicted octanol–water partition coefficient (Wildman–Crippen LogP) is 5.73. The third-order valence-corrected chi connectivity index (χ3v) is 5.61. The number of carbonyl (C=O) groups is 2. The Kier molecular flexibility index (Phi) is 8.69. The molecule has 0 saturated heterocycles. The first-order valence-corrected chi connectivity index (χ1v) is 11.3. The molecule has 1 N–H and O–H groups in total. The average molecular weight is 443 g/mol. The lowest BCUT2D eigenvalue weighted by molar-refractivity contribution is -0.141. The van der Waals surface area contributed by atoms with Crippen molar-refractivity contribution in [2.45, 2.75) is 78.4 Å². The highest BCUT2D eigenvalue weighted by molar-refractivity contribution is 6.31. The molecule has 4 nitrogen and oxygen atoms in total. The number of hydrogen-bond acceptors (Lipinski definition) is 2. The smallest absolute Gasteiger partial charge is 0.242 e. The van der Waals surface area contributed by atoms with Crippen molar-refractivity contribution >= 4 is 23.4 Å². The molecule has 0 heterocycles. The predicted molar refractivity (Wildman–Crippen MR) is 128 cm³/mol. The lowest BCUT2D eigenvalue weighted by atomic mass is 10.00. The van der Waals surface area contributed by atoms with Crippen LogP contribution in [0.3, 0.4) is 0 Å². The van der Waals surface area contributed by atoms with Crippen LogP contribution in [0.1, 0.15) is 70.6 Å². The SMILES string of the molecule is CC(C)c1ccc(CCC(=O)N(Cc2ccccc2Cl)C(C)C(=O)NC(C)(C)C)cc1. The van der Waals surface area contributed by atoms with Crippen LogP contribution in [0.4, 0.5) is 0 Å². The van der Waals surface area contributed by atoms with Gasteiger partial charge in [-0.1, -0.05) is 67.9 Å². The van der Waals surface area contributed by atoms with Crippen LogP contribution in [-0.2, 0) is 22.6 Å². The molecule has 2 amide bonds. The molecule has 0 aromatic heterocycles. The Morgan fingerprint density at radius 1 is 1.00 bits per heavy atom. The molecular weight excluding hydrogens is 408 g/mol. The number of halogens is 1. The van der Waals surface area contributed by atoms with Crippen LogP contribution in [-0.4, -0.2) is 28.3 Å². The lowest BCUT2D eigenvalue weighted by Gasteiger charge is -2.31. The molecule has 2 aromatic carbocycles. The van der Waals surface area contributed by atoms with E-state index in [1.165, 1.54) is 5.56 Å². The second-order valence-electron chi connectivity index (χ2n) is 9.42. The van der Waals surface area contributed by atoms with Crippen molar-refractivity contribution < 1.29 is 9.59 Å². The highest BCUT2D eigenvalue weighted by Gasteiger charge is 2.28. The Hall–Kier alpha value is -2.33. The fourth-order valence-electron chi connectivity index (χ4n) is 3.33. The van der Waals surface area contributed by atoms with Gasteiger partial charge in [-0.25, -0.2) is 0 Å². The van der Waals surface area contributed by atoms with E-state index >= 15 is 0 Å². The summed E-state index contributed by atoms with van der Waals surface area (Å²) in [6.45, 7) is 12.2. The van der Waals surface area contributed by atoms with Gasteiger partial charge in [0.25, 0.3) is 0 Å². The summed E-state index contributed by atoms with van der Waals surface area (Å²) in [5, 5.41) is 3.57. The number of benzene rings is 2. The van der Waals surface area contributed by atoms with Gasteiger partial charge < -0.3 is 10.2 Å². The molecule has 0 bridgehead atoms. The zero-order valence-corrected chi connectivity index (χ0v) is 20.3. The van der Waals surface area contributed by atoms with E-state index in [1.54, 1.807) is 17.9 Å². The molecule has 168 valence electrons. The van der Waals surface area contributed by atoms with Gasteiger partial charge in [-0.2, -0.15) is 0 Å². The van der Waals surface area contributed by atoms with Gasteiger partial charge in [-0.05, 0) is 62.8 Å². The fraction of sp³-hybridized carbons (Fsp3) is 0.462. The highest BCUT2D eigenvalue weighted by atomic mass is 35.5. The first-order valence-electron chi connectivity index (χ1n) is 10.9. The Bertz CT molecular complexity index is 885. The van der Waals surface area contributed by atoms with Crippen molar-refractivity contribution in [1.29, 1.82) is 0 Å². The summed E-state index contributed by atoms with van der Waals surface area (Å²) >= 11 is 6.34. The molecule has 0 saturated carbocycles. The third-order valence-electron chi connectivity index (χ3n) is 5.24. The molecule has 0 spiro atoms. The van der Waals surface area contributed by atoms with Crippen LogP contribution in [0.25, 0.3) is 0 Å². The number of rotatable bonds is 8. The first-order chi connectivity index (χ1) is 14.5. The summed E-state index contributed by atoms with van der Waals surface area (Å²) in [6.07, 6.45) is 0.961. The standard InChI is InChI=1S/C26H35ClN2O2/c1-18(2)21-14-11-20(12-15-21)13-16-24(30)29(17-22-9-7-8-10-23(22)27)19(3)25(31)28-26(4,5)6/h7-12,14-15,18-19H,13,16-17H2,1-6H3,(H,28,31). The van der Waals surface area contributed by atoms with Gasteiger partial charge in [0.15, 0.2) is 0 Å². The van der Waals surface area contributed by atoms with Crippen LogP contribution in [0, 0.1) is 0 Å². The quantitative estimate of drug-likeness (QED) is 0.567. The summed E-state index contributed by atoms with van der Waals surface area (Å²) in [5.74, 6) is 0.238. The van der Waals surface area contributed by atoms with Crippen molar-refractivity contribution in [3.8, 4) is 0 Å². The van der Waals surface area contributed by atoms with Crippen LogP contribution >= 0.6 is 11.6 Å². The van der Waals surface area contributed by atoms with Gasteiger partial charge in [0.2, 0.25) is 11.8 Å². The summed E-state index contributed by atoms with van der Waals surface area (Å²) < 4.78 is 0. The van der Waals surface area contributed by atoms with E-state index in [9.17, 15) is 9.59 Å². The maximum Gasteiger partial charge on any atom is 0.242 e. The van der Waals surface area contributed by atoms with Crippen molar-refractivity contribution in [2.75, 3.05) is 0 Å². The lowest BCUT2D eigenvalue weighted by Crippen LogP contribution is -2.52. The first kappa shape index (κ1) is 24.9. The third kappa shape index (κ3) is 7.70.